The highest BCUT2D eigenvalue weighted by Crippen LogP contribution is 2.31. The van der Waals surface area contributed by atoms with Gasteiger partial charge in [-0.2, -0.15) is 0 Å². The van der Waals surface area contributed by atoms with Gasteiger partial charge in [0.05, 0.1) is 7.11 Å². The van der Waals surface area contributed by atoms with Crippen molar-refractivity contribution in [1.82, 2.24) is 0 Å². The van der Waals surface area contributed by atoms with Gasteiger partial charge in [0.25, 0.3) is 5.91 Å². The Labute approximate surface area is 130 Å². The minimum absolute atomic E-state index is 0.0320. The van der Waals surface area contributed by atoms with Crippen molar-refractivity contribution in [3.05, 3.63) is 66.2 Å². The number of ether oxygens (including phenoxy) is 1. The first-order chi connectivity index (χ1) is 10.8. The molecule has 0 spiro atoms. The van der Waals surface area contributed by atoms with Gasteiger partial charge in [0.1, 0.15) is 5.75 Å². The second-order valence-electron chi connectivity index (χ2n) is 5.38. The molecule has 2 aromatic rings. The Morgan fingerprint density at radius 3 is 2.36 bits per heavy atom. The second-order valence-corrected chi connectivity index (χ2v) is 5.38. The van der Waals surface area contributed by atoms with Crippen LogP contribution in [0.4, 0.5) is 5.69 Å². The monoisotopic (exact) mass is 293 g/mol. The van der Waals surface area contributed by atoms with E-state index in [2.05, 4.69) is 0 Å². The van der Waals surface area contributed by atoms with Gasteiger partial charge < -0.3 is 9.64 Å². The van der Waals surface area contributed by atoms with E-state index < -0.39 is 0 Å². The summed E-state index contributed by atoms with van der Waals surface area (Å²) in [6, 6.07) is 17.9. The lowest BCUT2D eigenvalue weighted by Gasteiger charge is -2.20. The molecule has 0 radical (unpaired) electrons. The van der Waals surface area contributed by atoms with Crippen LogP contribution in [0.25, 0.3) is 6.08 Å². The predicted molar refractivity (Wildman–Crippen MR) is 89.0 cm³/mol. The predicted octanol–water partition coefficient (Wildman–Crippen LogP) is 3.90. The molecule has 1 aliphatic carbocycles. The van der Waals surface area contributed by atoms with Crippen molar-refractivity contribution >= 4 is 17.7 Å². The van der Waals surface area contributed by atoms with E-state index in [-0.39, 0.29) is 5.91 Å². The quantitative estimate of drug-likeness (QED) is 0.782. The summed E-state index contributed by atoms with van der Waals surface area (Å²) in [5.74, 6) is 0.844. The molecule has 0 bridgehead atoms. The molecule has 112 valence electrons. The molecule has 1 amide bonds. The number of hydrogen-bond acceptors (Lipinski definition) is 2. The second kappa shape index (κ2) is 6.48. The number of nitrogens with zero attached hydrogens (tertiary/aromatic N) is 1. The first-order valence-electron chi connectivity index (χ1n) is 7.48. The molecular weight excluding hydrogens is 274 g/mol. The fourth-order valence-corrected chi connectivity index (χ4v) is 2.40. The van der Waals surface area contributed by atoms with Gasteiger partial charge in [0.2, 0.25) is 0 Å². The molecule has 3 nitrogen and oxygen atoms in total. The molecule has 0 heterocycles. The lowest BCUT2D eigenvalue weighted by atomic mass is 10.2. The number of hydrogen-bond donors (Lipinski definition) is 0. The molecule has 1 aliphatic rings. The van der Waals surface area contributed by atoms with Crippen LogP contribution < -0.4 is 9.64 Å². The standard InChI is InChI=1S/C19H19NO2/c1-22-18-12-7-15(8-13-18)9-14-19(21)20(17-10-11-17)16-5-3-2-4-6-16/h2-9,12-14,17H,10-11H2,1H3/b14-9+. The number of rotatable bonds is 5. The first kappa shape index (κ1) is 14.4. The Morgan fingerprint density at radius 2 is 1.77 bits per heavy atom. The molecule has 0 unspecified atom stereocenters. The molecule has 0 aromatic heterocycles. The summed E-state index contributed by atoms with van der Waals surface area (Å²) >= 11 is 0. The van der Waals surface area contributed by atoms with Crippen molar-refractivity contribution < 1.29 is 9.53 Å². The van der Waals surface area contributed by atoms with Crippen molar-refractivity contribution in [3.63, 3.8) is 0 Å². The molecule has 1 saturated carbocycles. The third kappa shape index (κ3) is 3.37. The minimum atomic E-state index is 0.0320. The van der Waals surface area contributed by atoms with Crippen LogP contribution in [-0.4, -0.2) is 19.1 Å². The van der Waals surface area contributed by atoms with Crippen LogP contribution in [0.15, 0.2) is 60.7 Å². The zero-order valence-electron chi connectivity index (χ0n) is 12.6. The topological polar surface area (TPSA) is 29.5 Å². The Bertz CT molecular complexity index is 658. The van der Waals surface area contributed by atoms with Gasteiger partial charge in [0.15, 0.2) is 0 Å². The number of anilines is 1. The number of para-hydroxylation sites is 1. The lowest BCUT2D eigenvalue weighted by Crippen LogP contribution is -2.31. The molecule has 22 heavy (non-hydrogen) atoms. The SMILES string of the molecule is COc1ccc(/C=C/C(=O)N(c2ccccc2)C2CC2)cc1. The maximum Gasteiger partial charge on any atom is 0.251 e. The van der Waals surface area contributed by atoms with E-state index in [1.54, 1.807) is 13.2 Å². The normalized spacial score (nSPS) is 14.0. The first-order valence-corrected chi connectivity index (χ1v) is 7.48. The fourth-order valence-electron chi connectivity index (χ4n) is 2.40. The molecule has 0 atom stereocenters. The van der Waals surface area contributed by atoms with Crippen molar-refractivity contribution in [3.8, 4) is 5.75 Å². The number of methoxy groups -OCH3 is 1. The third-order valence-corrected chi connectivity index (χ3v) is 3.72. The van der Waals surface area contributed by atoms with Gasteiger partial charge in [-0.05, 0) is 48.7 Å². The number of benzene rings is 2. The van der Waals surface area contributed by atoms with Crippen molar-refractivity contribution in [2.75, 3.05) is 12.0 Å². The zero-order chi connectivity index (χ0) is 15.4. The average molecular weight is 293 g/mol. The maximum atomic E-state index is 12.5. The van der Waals surface area contributed by atoms with Crippen LogP contribution >= 0.6 is 0 Å². The lowest BCUT2D eigenvalue weighted by molar-refractivity contribution is -0.114. The van der Waals surface area contributed by atoms with Gasteiger partial charge in [-0.15, -0.1) is 0 Å². The van der Waals surface area contributed by atoms with E-state index in [1.165, 1.54) is 0 Å². The summed E-state index contributed by atoms with van der Waals surface area (Å²) < 4.78 is 5.13. The molecule has 0 N–H and O–H groups in total. The Kier molecular flexibility index (Phi) is 4.24. The Balaban J connectivity index is 1.75. The summed E-state index contributed by atoms with van der Waals surface area (Å²) in [5, 5.41) is 0. The van der Waals surface area contributed by atoms with Crippen molar-refractivity contribution in [1.29, 1.82) is 0 Å². The van der Waals surface area contributed by atoms with Gasteiger partial charge in [-0.1, -0.05) is 30.3 Å². The minimum Gasteiger partial charge on any atom is -0.497 e. The molecular formula is C19H19NO2. The molecule has 3 heteroatoms. The van der Waals surface area contributed by atoms with E-state index in [9.17, 15) is 4.79 Å². The van der Waals surface area contributed by atoms with Crippen LogP contribution in [-0.2, 0) is 4.79 Å². The summed E-state index contributed by atoms with van der Waals surface area (Å²) in [5.41, 5.74) is 1.95. The van der Waals surface area contributed by atoms with Crippen LogP contribution in [0, 0.1) is 0 Å². The summed E-state index contributed by atoms with van der Waals surface area (Å²) in [6.45, 7) is 0. The Hall–Kier alpha value is -2.55. The number of carbonyl (C=O) groups is 1. The Morgan fingerprint density at radius 1 is 1.09 bits per heavy atom. The average Bonchev–Trinajstić information content (AvgIpc) is 3.39. The molecule has 3 rings (SSSR count). The maximum absolute atomic E-state index is 12.5. The largest absolute Gasteiger partial charge is 0.497 e. The van der Waals surface area contributed by atoms with Gasteiger partial charge >= 0.3 is 0 Å². The highest BCUT2D eigenvalue weighted by Gasteiger charge is 2.32. The van der Waals surface area contributed by atoms with E-state index in [4.69, 9.17) is 4.74 Å². The van der Waals surface area contributed by atoms with E-state index in [0.29, 0.717) is 6.04 Å². The zero-order valence-corrected chi connectivity index (χ0v) is 12.6. The summed E-state index contributed by atoms with van der Waals surface area (Å²) in [7, 11) is 1.64. The van der Waals surface area contributed by atoms with Crippen LogP contribution in [0.2, 0.25) is 0 Å². The number of amides is 1. The smallest absolute Gasteiger partial charge is 0.251 e. The van der Waals surface area contributed by atoms with E-state index in [0.717, 1.165) is 29.8 Å². The van der Waals surface area contributed by atoms with Crippen LogP contribution in [0.1, 0.15) is 18.4 Å². The van der Waals surface area contributed by atoms with Crippen LogP contribution in [0.3, 0.4) is 0 Å². The fraction of sp³-hybridized carbons (Fsp3) is 0.211. The highest BCUT2D eigenvalue weighted by molar-refractivity contribution is 6.04. The molecule has 0 aliphatic heterocycles. The van der Waals surface area contributed by atoms with Gasteiger partial charge in [-0.25, -0.2) is 0 Å². The molecule has 0 saturated heterocycles. The van der Waals surface area contributed by atoms with Gasteiger partial charge in [0, 0.05) is 17.8 Å². The summed E-state index contributed by atoms with van der Waals surface area (Å²) in [4.78, 5) is 14.4. The highest BCUT2D eigenvalue weighted by atomic mass is 16.5. The van der Waals surface area contributed by atoms with E-state index in [1.807, 2.05) is 65.6 Å². The molecule has 1 fully saturated rings. The summed E-state index contributed by atoms with van der Waals surface area (Å²) in [6.07, 6.45) is 5.65. The third-order valence-electron chi connectivity index (χ3n) is 3.72. The van der Waals surface area contributed by atoms with Crippen molar-refractivity contribution in [2.45, 2.75) is 18.9 Å². The number of carbonyl (C=O) groups excluding carboxylic acids is 1. The van der Waals surface area contributed by atoms with Gasteiger partial charge in [-0.3, -0.25) is 4.79 Å². The van der Waals surface area contributed by atoms with Crippen molar-refractivity contribution in [2.24, 2.45) is 0 Å². The molecule has 2 aromatic carbocycles. The van der Waals surface area contributed by atoms with Crippen LogP contribution in [0.5, 0.6) is 5.75 Å². The van der Waals surface area contributed by atoms with E-state index >= 15 is 0 Å².